The molecule has 33 heavy (non-hydrogen) atoms. The summed E-state index contributed by atoms with van der Waals surface area (Å²) < 4.78 is 0. The molecule has 158 valence electrons. The normalized spacial score (nSPS) is 11.0. The van der Waals surface area contributed by atoms with Crippen LogP contribution >= 0.6 is 0 Å². The molecule has 0 atom stereocenters. The fourth-order valence-corrected chi connectivity index (χ4v) is 3.57. The minimum Gasteiger partial charge on any atom is -0.320 e. The number of nitrogens with one attached hydrogen (secondary N) is 1. The summed E-state index contributed by atoms with van der Waals surface area (Å²) in [6, 6.07) is 36.3. The number of aromatic amines is 1. The zero-order valence-corrected chi connectivity index (χ0v) is 17.7. The summed E-state index contributed by atoms with van der Waals surface area (Å²) in [5, 5.41) is 8.63. The molecule has 0 spiro atoms. The van der Waals surface area contributed by atoms with Gasteiger partial charge in [-0.3, -0.25) is 4.79 Å². The van der Waals surface area contributed by atoms with Crippen LogP contribution in [0.5, 0.6) is 0 Å². The average Bonchev–Trinajstić information content (AvgIpc) is 3.33. The molecular formula is C28H20N4O. The standard InChI is InChI=1S/C28H20N4O/c33-27(22-14-8-3-9-15-22)23-16-18-24(19-17-23)31-32-28-29-25(20-10-4-1-5-11-20)26(30-28)21-12-6-2-7-13-21/h1-19H,(H,29,30). The number of carbonyl (C=O) groups excluding carboxylic acids is 1. The van der Waals surface area contributed by atoms with E-state index in [4.69, 9.17) is 0 Å². The van der Waals surface area contributed by atoms with Gasteiger partial charge in [-0.2, -0.15) is 0 Å². The number of rotatable bonds is 6. The average molecular weight is 428 g/mol. The van der Waals surface area contributed by atoms with Crippen LogP contribution < -0.4 is 0 Å². The highest BCUT2D eigenvalue weighted by molar-refractivity contribution is 6.09. The van der Waals surface area contributed by atoms with E-state index < -0.39 is 0 Å². The van der Waals surface area contributed by atoms with E-state index in [2.05, 4.69) is 20.2 Å². The van der Waals surface area contributed by atoms with E-state index in [0.29, 0.717) is 22.8 Å². The number of azo groups is 1. The molecule has 4 aromatic carbocycles. The lowest BCUT2D eigenvalue weighted by atomic mass is 10.0. The van der Waals surface area contributed by atoms with Crippen LogP contribution in [0.25, 0.3) is 22.5 Å². The molecule has 5 heteroatoms. The molecule has 0 bridgehead atoms. The number of imidazole rings is 1. The first kappa shape index (κ1) is 20.3. The molecule has 0 radical (unpaired) electrons. The number of carbonyl (C=O) groups is 1. The Labute approximate surface area is 191 Å². The lowest BCUT2D eigenvalue weighted by molar-refractivity contribution is 0.103. The summed E-state index contributed by atoms with van der Waals surface area (Å²) >= 11 is 0. The molecule has 0 aliphatic heterocycles. The molecule has 5 aromatic rings. The van der Waals surface area contributed by atoms with Gasteiger partial charge in [0.15, 0.2) is 5.78 Å². The summed E-state index contributed by atoms with van der Waals surface area (Å²) in [6.07, 6.45) is 0. The molecule has 0 aliphatic rings. The van der Waals surface area contributed by atoms with Gasteiger partial charge in [0.2, 0.25) is 5.95 Å². The minimum absolute atomic E-state index is 0.0230. The van der Waals surface area contributed by atoms with Crippen molar-refractivity contribution in [3.63, 3.8) is 0 Å². The molecule has 0 amide bonds. The van der Waals surface area contributed by atoms with E-state index in [1.54, 1.807) is 24.3 Å². The first-order valence-electron chi connectivity index (χ1n) is 10.6. The fourth-order valence-electron chi connectivity index (χ4n) is 3.57. The van der Waals surface area contributed by atoms with Crippen molar-refractivity contribution >= 4 is 17.4 Å². The van der Waals surface area contributed by atoms with Gasteiger partial charge in [0.25, 0.3) is 0 Å². The Morgan fingerprint density at radius 1 is 0.606 bits per heavy atom. The van der Waals surface area contributed by atoms with Crippen LogP contribution in [0, 0.1) is 0 Å². The van der Waals surface area contributed by atoms with Gasteiger partial charge in [0.1, 0.15) is 0 Å². The van der Waals surface area contributed by atoms with Crippen molar-refractivity contribution in [2.45, 2.75) is 0 Å². The summed E-state index contributed by atoms with van der Waals surface area (Å²) in [7, 11) is 0. The third-order valence-electron chi connectivity index (χ3n) is 5.23. The Balaban J connectivity index is 1.42. The van der Waals surface area contributed by atoms with Crippen LogP contribution in [0.3, 0.4) is 0 Å². The predicted octanol–water partition coefficient (Wildman–Crippen LogP) is 7.39. The minimum atomic E-state index is -0.0230. The molecule has 0 aliphatic carbocycles. The van der Waals surface area contributed by atoms with Gasteiger partial charge >= 0.3 is 0 Å². The largest absolute Gasteiger partial charge is 0.320 e. The highest BCUT2D eigenvalue weighted by Crippen LogP contribution is 2.32. The Bertz CT molecular complexity index is 1330. The summed E-state index contributed by atoms with van der Waals surface area (Å²) in [5.41, 5.74) is 5.63. The Kier molecular flexibility index (Phi) is 5.68. The van der Waals surface area contributed by atoms with E-state index in [9.17, 15) is 4.79 Å². The number of H-pyrrole nitrogens is 1. The van der Waals surface area contributed by atoms with Crippen molar-refractivity contribution in [3.8, 4) is 22.5 Å². The van der Waals surface area contributed by atoms with Crippen molar-refractivity contribution in [2.75, 3.05) is 0 Å². The maximum absolute atomic E-state index is 12.6. The lowest BCUT2D eigenvalue weighted by Gasteiger charge is -2.02. The second-order valence-corrected chi connectivity index (χ2v) is 7.46. The van der Waals surface area contributed by atoms with E-state index in [1.807, 2.05) is 91.0 Å². The summed E-state index contributed by atoms with van der Waals surface area (Å²) in [6.45, 7) is 0. The highest BCUT2D eigenvalue weighted by atomic mass is 16.1. The maximum Gasteiger partial charge on any atom is 0.247 e. The maximum atomic E-state index is 12.6. The number of benzene rings is 4. The Morgan fingerprint density at radius 2 is 1.15 bits per heavy atom. The SMILES string of the molecule is O=C(c1ccccc1)c1ccc(N=Nc2nc(-c3ccccc3)c(-c3ccccc3)[nH]2)cc1. The van der Waals surface area contributed by atoms with Gasteiger partial charge < -0.3 is 4.98 Å². The van der Waals surface area contributed by atoms with E-state index in [0.717, 1.165) is 22.5 Å². The zero-order valence-electron chi connectivity index (χ0n) is 17.7. The summed E-state index contributed by atoms with van der Waals surface area (Å²) in [4.78, 5) is 20.6. The van der Waals surface area contributed by atoms with Crippen LogP contribution in [0.4, 0.5) is 11.6 Å². The Hall–Kier alpha value is -4.64. The van der Waals surface area contributed by atoms with Crippen LogP contribution in [-0.4, -0.2) is 15.8 Å². The van der Waals surface area contributed by atoms with Crippen molar-refractivity contribution in [2.24, 2.45) is 10.2 Å². The molecule has 0 fully saturated rings. The van der Waals surface area contributed by atoms with Crippen molar-refractivity contribution < 1.29 is 4.79 Å². The molecule has 5 nitrogen and oxygen atoms in total. The zero-order chi connectivity index (χ0) is 22.5. The van der Waals surface area contributed by atoms with Crippen LogP contribution in [0.15, 0.2) is 125 Å². The van der Waals surface area contributed by atoms with Gasteiger partial charge in [-0.05, 0) is 24.3 Å². The fraction of sp³-hybridized carbons (Fsp3) is 0. The topological polar surface area (TPSA) is 70.5 Å². The second-order valence-electron chi connectivity index (χ2n) is 7.46. The van der Waals surface area contributed by atoms with Crippen molar-refractivity contribution in [1.82, 2.24) is 9.97 Å². The molecule has 1 aromatic heterocycles. The molecule has 0 saturated heterocycles. The quantitative estimate of drug-likeness (QED) is 0.226. The third kappa shape index (κ3) is 4.52. The second kappa shape index (κ2) is 9.24. The van der Waals surface area contributed by atoms with Crippen LogP contribution in [-0.2, 0) is 0 Å². The molecule has 5 rings (SSSR count). The molecular weight excluding hydrogens is 408 g/mol. The van der Waals surface area contributed by atoms with Gasteiger partial charge in [0, 0.05) is 22.3 Å². The number of hydrogen-bond donors (Lipinski definition) is 1. The predicted molar refractivity (Wildman–Crippen MR) is 130 cm³/mol. The van der Waals surface area contributed by atoms with Crippen LogP contribution in [0.1, 0.15) is 15.9 Å². The van der Waals surface area contributed by atoms with Gasteiger partial charge in [-0.25, -0.2) is 4.98 Å². The number of ketones is 1. The van der Waals surface area contributed by atoms with Gasteiger partial charge in [-0.15, -0.1) is 10.2 Å². The first-order valence-corrected chi connectivity index (χ1v) is 10.6. The molecule has 1 N–H and O–H groups in total. The monoisotopic (exact) mass is 428 g/mol. The summed E-state index contributed by atoms with van der Waals surface area (Å²) in [5.74, 6) is 0.391. The number of nitrogens with zero attached hydrogens (tertiary/aromatic N) is 3. The smallest absolute Gasteiger partial charge is 0.247 e. The third-order valence-corrected chi connectivity index (χ3v) is 5.23. The molecule has 1 heterocycles. The Morgan fingerprint density at radius 3 is 1.79 bits per heavy atom. The molecule has 0 saturated carbocycles. The van der Waals surface area contributed by atoms with Gasteiger partial charge in [0.05, 0.1) is 17.1 Å². The first-order chi connectivity index (χ1) is 16.3. The van der Waals surface area contributed by atoms with E-state index >= 15 is 0 Å². The number of aromatic nitrogens is 2. The highest BCUT2D eigenvalue weighted by Gasteiger charge is 2.14. The number of hydrogen-bond acceptors (Lipinski definition) is 4. The van der Waals surface area contributed by atoms with Crippen molar-refractivity contribution in [1.29, 1.82) is 0 Å². The van der Waals surface area contributed by atoms with Gasteiger partial charge in [-0.1, -0.05) is 91.0 Å². The van der Waals surface area contributed by atoms with E-state index in [1.165, 1.54) is 0 Å². The van der Waals surface area contributed by atoms with E-state index in [-0.39, 0.29) is 5.78 Å². The van der Waals surface area contributed by atoms with Crippen molar-refractivity contribution in [3.05, 3.63) is 126 Å². The lowest BCUT2D eigenvalue weighted by Crippen LogP contribution is -1.99. The molecule has 0 unspecified atom stereocenters. The van der Waals surface area contributed by atoms with Crippen LogP contribution in [0.2, 0.25) is 0 Å².